The highest BCUT2D eigenvalue weighted by molar-refractivity contribution is 7.99. The van der Waals surface area contributed by atoms with Gasteiger partial charge >= 0.3 is 0 Å². The molecule has 1 heterocycles. The van der Waals surface area contributed by atoms with E-state index in [1.165, 1.54) is 6.42 Å². The van der Waals surface area contributed by atoms with Crippen molar-refractivity contribution in [3.05, 3.63) is 28.8 Å². The van der Waals surface area contributed by atoms with Crippen LogP contribution in [-0.2, 0) is 4.79 Å². The van der Waals surface area contributed by atoms with E-state index in [1.807, 2.05) is 11.8 Å². The van der Waals surface area contributed by atoms with E-state index in [4.69, 9.17) is 11.6 Å². The number of thioether (sulfide) groups is 1. The second-order valence-corrected chi connectivity index (χ2v) is 8.54. The Morgan fingerprint density at radius 3 is 2.70 bits per heavy atom. The van der Waals surface area contributed by atoms with Gasteiger partial charge < -0.3 is 16.0 Å². The molecule has 5 nitrogen and oxygen atoms in total. The molecule has 1 unspecified atom stereocenters. The predicted octanol–water partition coefficient (Wildman–Crippen LogP) is 3.86. The molecule has 3 rings (SSSR count). The van der Waals surface area contributed by atoms with Gasteiger partial charge in [-0.2, -0.15) is 11.8 Å². The molecular formula is C19H27Cl2N3O2S. The van der Waals surface area contributed by atoms with E-state index in [-0.39, 0.29) is 36.3 Å². The average Bonchev–Trinajstić information content (AvgIpc) is 2.65. The van der Waals surface area contributed by atoms with E-state index >= 15 is 0 Å². The number of hydrogen-bond donors (Lipinski definition) is 3. The van der Waals surface area contributed by atoms with Crippen LogP contribution >= 0.6 is 35.8 Å². The monoisotopic (exact) mass is 431 g/mol. The maximum Gasteiger partial charge on any atom is 0.253 e. The van der Waals surface area contributed by atoms with E-state index in [2.05, 4.69) is 16.0 Å². The Morgan fingerprint density at radius 2 is 2.00 bits per heavy atom. The molecular weight excluding hydrogens is 405 g/mol. The number of carbonyl (C=O) groups excluding carboxylic acids is 2. The van der Waals surface area contributed by atoms with Crippen molar-refractivity contribution in [1.29, 1.82) is 0 Å². The van der Waals surface area contributed by atoms with Gasteiger partial charge in [-0.25, -0.2) is 0 Å². The van der Waals surface area contributed by atoms with Crippen LogP contribution in [-0.4, -0.2) is 41.9 Å². The lowest BCUT2D eigenvalue weighted by Gasteiger charge is -2.23. The number of halogens is 2. The van der Waals surface area contributed by atoms with Gasteiger partial charge in [0.15, 0.2) is 0 Å². The van der Waals surface area contributed by atoms with Crippen LogP contribution in [0.4, 0.5) is 5.69 Å². The van der Waals surface area contributed by atoms with Gasteiger partial charge in [0.2, 0.25) is 5.91 Å². The third kappa shape index (κ3) is 6.86. The minimum atomic E-state index is -0.164. The first kappa shape index (κ1) is 22.3. The summed E-state index contributed by atoms with van der Waals surface area (Å²) in [6.45, 7) is 0.940. The van der Waals surface area contributed by atoms with E-state index < -0.39 is 0 Å². The number of amides is 2. The van der Waals surface area contributed by atoms with Gasteiger partial charge in [0.05, 0.1) is 10.6 Å². The average molecular weight is 432 g/mol. The second-order valence-electron chi connectivity index (χ2n) is 6.98. The van der Waals surface area contributed by atoms with Crippen LogP contribution in [0.25, 0.3) is 0 Å². The summed E-state index contributed by atoms with van der Waals surface area (Å²) in [5, 5.41) is 9.72. The molecule has 1 atom stereocenters. The van der Waals surface area contributed by atoms with E-state index in [0.29, 0.717) is 22.7 Å². The SMILES string of the molecule is Cl.O=C(CC1CSCCN1)Nc1ccc(Cl)c(C(=O)NC2CCCCC2)c1. The van der Waals surface area contributed by atoms with Gasteiger partial charge in [-0.15, -0.1) is 12.4 Å². The fourth-order valence-electron chi connectivity index (χ4n) is 3.47. The van der Waals surface area contributed by atoms with Crippen LogP contribution in [0.2, 0.25) is 5.02 Å². The molecule has 27 heavy (non-hydrogen) atoms. The first-order valence-electron chi connectivity index (χ1n) is 9.33. The molecule has 1 aromatic rings. The van der Waals surface area contributed by atoms with Crippen LogP contribution in [0, 0.1) is 0 Å². The standard InChI is InChI=1S/C19H26ClN3O2S.ClH/c20-17-7-6-14(22-18(24)11-15-12-26-9-8-21-15)10-16(17)19(25)23-13-4-2-1-3-5-13;/h6-7,10,13,15,21H,1-5,8-9,11-12H2,(H,22,24)(H,23,25);1H. The summed E-state index contributed by atoms with van der Waals surface area (Å²) in [5.74, 6) is 1.83. The summed E-state index contributed by atoms with van der Waals surface area (Å²) in [4.78, 5) is 24.8. The van der Waals surface area contributed by atoms with Crippen LogP contribution < -0.4 is 16.0 Å². The fraction of sp³-hybridized carbons (Fsp3) is 0.579. The number of carbonyl (C=O) groups is 2. The van der Waals surface area contributed by atoms with Gasteiger partial charge in [-0.05, 0) is 31.0 Å². The maximum absolute atomic E-state index is 12.6. The number of anilines is 1. The number of nitrogens with one attached hydrogen (secondary N) is 3. The van der Waals surface area contributed by atoms with Crippen molar-refractivity contribution in [2.24, 2.45) is 0 Å². The Bertz CT molecular complexity index is 648. The third-order valence-corrected chi connectivity index (χ3v) is 6.33. The van der Waals surface area contributed by atoms with Crippen molar-refractivity contribution in [3.63, 3.8) is 0 Å². The minimum Gasteiger partial charge on any atom is -0.349 e. The number of benzene rings is 1. The molecule has 0 aromatic heterocycles. The second kappa shape index (κ2) is 11.1. The highest BCUT2D eigenvalue weighted by Gasteiger charge is 2.20. The fourth-order valence-corrected chi connectivity index (χ4v) is 4.63. The molecule has 2 fully saturated rings. The lowest BCUT2D eigenvalue weighted by molar-refractivity contribution is -0.116. The van der Waals surface area contributed by atoms with Gasteiger partial charge in [0, 0.05) is 42.2 Å². The van der Waals surface area contributed by atoms with Crippen LogP contribution in [0.15, 0.2) is 18.2 Å². The van der Waals surface area contributed by atoms with E-state index in [0.717, 1.165) is 43.7 Å². The molecule has 150 valence electrons. The smallest absolute Gasteiger partial charge is 0.253 e. The Balaban J connectivity index is 0.00000261. The lowest BCUT2D eigenvalue weighted by Crippen LogP contribution is -2.40. The van der Waals surface area contributed by atoms with Gasteiger partial charge in [-0.3, -0.25) is 9.59 Å². The van der Waals surface area contributed by atoms with Crippen molar-refractivity contribution in [2.75, 3.05) is 23.4 Å². The summed E-state index contributed by atoms with van der Waals surface area (Å²) in [6, 6.07) is 5.50. The van der Waals surface area contributed by atoms with Crippen molar-refractivity contribution >= 4 is 53.3 Å². The molecule has 0 spiro atoms. The molecule has 0 radical (unpaired) electrons. The molecule has 2 aliphatic rings. The van der Waals surface area contributed by atoms with Crippen molar-refractivity contribution in [2.45, 2.75) is 50.6 Å². The van der Waals surface area contributed by atoms with Gasteiger partial charge in [0.25, 0.3) is 5.91 Å². The minimum absolute atomic E-state index is 0. The molecule has 8 heteroatoms. The summed E-state index contributed by atoms with van der Waals surface area (Å²) in [7, 11) is 0. The molecule has 3 N–H and O–H groups in total. The summed E-state index contributed by atoms with van der Waals surface area (Å²) in [5.41, 5.74) is 1.03. The summed E-state index contributed by atoms with van der Waals surface area (Å²) >= 11 is 8.08. The third-order valence-electron chi connectivity index (χ3n) is 4.87. The number of hydrogen-bond acceptors (Lipinski definition) is 4. The van der Waals surface area contributed by atoms with Crippen LogP contribution in [0.1, 0.15) is 48.9 Å². The molecule has 1 aromatic carbocycles. The Labute approximate surface area is 176 Å². The maximum atomic E-state index is 12.6. The normalized spacial score (nSPS) is 20.4. The highest BCUT2D eigenvalue weighted by atomic mass is 35.5. The zero-order valence-electron chi connectivity index (χ0n) is 15.3. The van der Waals surface area contributed by atoms with Gasteiger partial charge in [0.1, 0.15) is 0 Å². The first-order chi connectivity index (χ1) is 12.6. The van der Waals surface area contributed by atoms with Crippen LogP contribution in [0.3, 0.4) is 0 Å². The Kier molecular flexibility index (Phi) is 9.22. The molecule has 1 saturated carbocycles. The van der Waals surface area contributed by atoms with E-state index in [1.54, 1.807) is 18.2 Å². The van der Waals surface area contributed by atoms with E-state index in [9.17, 15) is 9.59 Å². The molecule has 2 amide bonds. The Hall–Kier alpha value is -0.950. The van der Waals surface area contributed by atoms with Crippen LogP contribution in [0.5, 0.6) is 0 Å². The predicted molar refractivity (Wildman–Crippen MR) is 115 cm³/mol. The highest BCUT2D eigenvalue weighted by Crippen LogP contribution is 2.23. The van der Waals surface area contributed by atoms with Crippen molar-refractivity contribution < 1.29 is 9.59 Å². The molecule has 0 bridgehead atoms. The number of rotatable bonds is 5. The van der Waals surface area contributed by atoms with Crippen molar-refractivity contribution in [3.8, 4) is 0 Å². The first-order valence-corrected chi connectivity index (χ1v) is 10.9. The van der Waals surface area contributed by atoms with Crippen molar-refractivity contribution in [1.82, 2.24) is 10.6 Å². The summed E-state index contributed by atoms with van der Waals surface area (Å²) in [6.07, 6.45) is 6.02. The Morgan fingerprint density at radius 1 is 1.22 bits per heavy atom. The quantitative estimate of drug-likeness (QED) is 0.661. The molecule has 1 aliphatic carbocycles. The molecule has 1 saturated heterocycles. The summed E-state index contributed by atoms with van der Waals surface area (Å²) < 4.78 is 0. The zero-order chi connectivity index (χ0) is 18.4. The topological polar surface area (TPSA) is 70.2 Å². The lowest BCUT2D eigenvalue weighted by atomic mass is 9.95. The molecule has 1 aliphatic heterocycles. The van der Waals surface area contributed by atoms with Gasteiger partial charge in [-0.1, -0.05) is 30.9 Å². The largest absolute Gasteiger partial charge is 0.349 e. The zero-order valence-corrected chi connectivity index (χ0v) is 17.7.